The van der Waals surface area contributed by atoms with E-state index < -0.39 is 54.6 Å². The van der Waals surface area contributed by atoms with E-state index in [0.29, 0.717) is 6.07 Å². The molecule has 37 heavy (non-hydrogen) atoms. The number of nitrogens with one attached hydrogen (secondary N) is 1. The van der Waals surface area contributed by atoms with Crippen LogP contribution in [0.15, 0.2) is 66.7 Å². The first kappa shape index (κ1) is 28.1. The van der Waals surface area contributed by atoms with E-state index in [1.54, 1.807) is 0 Å². The molecule has 3 aromatic rings. The van der Waals surface area contributed by atoms with E-state index in [1.165, 1.54) is 42.5 Å². The average molecular weight is 539 g/mol. The molecule has 3 aromatic carbocycles. The zero-order chi connectivity index (χ0) is 27.4. The lowest BCUT2D eigenvalue weighted by Crippen LogP contribution is -2.40. The van der Waals surface area contributed by atoms with Gasteiger partial charge in [0.05, 0.1) is 11.6 Å². The van der Waals surface area contributed by atoms with E-state index in [2.05, 4.69) is 10.1 Å². The highest BCUT2D eigenvalue weighted by Crippen LogP contribution is 2.34. The van der Waals surface area contributed by atoms with Gasteiger partial charge in [0, 0.05) is 18.2 Å². The van der Waals surface area contributed by atoms with Crippen LogP contribution >= 0.6 is 0 Å². The van der Waals surface area contributed by atoms with Crippen molar-refractivity contribution in [2.75, 3.05) is 6.54 Å². The number of ether oxygens (including phenoxy) is 2. The molecule has 2 atom stereocenters. The smallest absolute Gasteiger partial charge is 0.416 e. The summed E-state index contributed by atoms with van der Waals surface area (Å²) in [6, 6.07) is 10.6. The van der Waals surface area contributed by atoms with Crippen LogP contribution in [0.25, 0.3) is 0 Å². The normalized spacial score (nSPS) is 13.9. The summed E-state index contributed by atoms with van der Waals surface area (Å²) in [5.41, 5.74) is -1.65. The molecule has 0 saturated carbocycles. The third-order valence-corrected chi connectivity index (χ3v) is 4.99. The molecule has 0 saturated heterocycles. The van der Waals surface area contributed by atoms with Crippen LogP contribution in [0.5, 0.6) is 17.2 Å². The Morgan fingerprint density at radius 1 is 0.811 bits per heavy atom. The first-order valence-corrected chi connectivity index (χ1v) is 10.4. The van der Waals surface area contributed by atoms with Crippen LogP contribution in [0.3, 0.4) is 0 Å². The number of hydrogen-bond donors (Lipinski definition) is 2. The van der Waals surface area contributed by atoms with E-state index in [9.17, 15) is 44.6 Å². The second-order valence-corrected chi connectivity index (χ2v) is 7.66. The van der Waals surface area contributed by atoms with Gasteiger partial charge >= 0.3 is 19.0 Å². The number of aliphatic hydroxyl groups excluding tert-OH is 1. The average Bonchev–Trinajstić information content (AvgIpc) is 2.78. The van der Waals surface area contributed by atoms with Gasteiger partial charge in [-0.2, -0.15) is 35.1 Å². The fraction of sp³-hybridized carbons (Fsp3) is 0.250. The zero-order valence-electron chi connectivity index (χ0n) is 18.5. The summed E-state index contributed by atoms with van der Waals surface area (Å²) in [4.78, 5) is 0. The highest BCUT2D eigenvalue weighted by atomic mass is 19.4. The third-order valence-electron chi connectivity index (χ3n) is 4.99. The summed E-state index contributed by atoms with van der Waals surface area (Å²) in [5, 5.41) is 11.7. The van der Waals surface area contributed by atoms with Crippen molar-refractivity contribution in [1.29, 1.82) is 0 Å². The predicted molar refractivity (Wildman–Crippen MR) is 113 cm³/mol. The molecular weight excluding hydrogens is 521 g/mol. The Labute approximate surface area is 204 Å². The Kier molecular flexibility index (Phi) is 8.59. The maximum Gasteiger partial charge on any atom is 0.416 e. The van der Waals surface area contributed by atoms with Gasteiger partial charge in [-0.25, -0.2) is 4.39 Å². The van der Waals surface area contributed by atoms with Crippen LogP contribution in [0.1, 0.15) is 22.7 Å². The fourth-order valence-corrected chi connectivity index (χ4v) is 3.30. The lowest BCUT2D eigenvalue weighted by molar-refractivity contribution is -0.202. The van der Waals surface area contributed by atoms with Crippen LogP contribution in [0, 0.1) is 5.82 Å². The van der Waals surface area contributed by atoms with Gasteiger partial charge < -0.3 is 19.9 Å². The topological polar surface area (TPSA) is 50.7 Å². The van der Waals surface area contributed by atoms with E-state index in [-0.39, 0.29) is 28.9 Å². The first-order chi connectivity index (χ1) is 17.2. The second-order valence-electron chi connectivity index (χ2n) is 7.66. The molecule has 0 aliphatic heterocycles. The molecule has 0 radical (unpaired) electrons. The van der Waals surface area contributed by atoms with Crippen molar-refractivity contribution in [2.45, 2.75) is 31.1 Å². The molecule has 0 aliphatic rings. The molecule has 0 fully saturated rings. The van der Waals surface area contributed by atoms with E-state index >= 15 is 0 Å². The summed E-state index contributed by atoms with van der Waals surface area (Å²) in [6.45, 7) is -4.19. The van der Waals surface area contributed by atoms with Gasteiger partial charge in [0.15, 0.2) is 6.10 Å². The lowest BCUT2D eigenvalue weighted by atomic mass is 9.96. The predicted octanol–water partition coefficient (Wildman–Crippen LogP) is 6.84. The van der Waals surface area contributed by atoms with Crippen LogP contribution in [0.2, 0.25) is 0 Å². The quantitative estimate of drug-likeness (QED) is 0.293. The van der Waals surface area contributed by atoms with Gasteiger partial charge in [-0.05, 0) is 42.0 Å². The number of halogens is 9. The van der Waals surface area contributed by atoms with Crippen molar-refractivity contribution >= 4 is 0 Å². The highest BCUT2D eigenvalue weighted by Gasteiger charge is 2.38. The summed E-state index contributed by atoms with van der Waals surface area (Å²) in [6.07, 6.45) is -12.7. The number of benzene rings is 3. The van der Waals surface area contributed by atoms with Crippen molar-refractivity contribution in [3.8, 4) is 17.2 Å². The van der Waals surface area contributed by atoms with Crippen molar-refractivity contribution in [3.63, 3.8) is 0 Å². The number of alkyl halides is 8. The molecule has 0 spiro atoms. The molecule has 3 rings (SSSR count). The van der Waals surface area contributed by atoms with Gasteiger partial charge in [-0.3, -0.25) is 0 Å². The van der Waals surface area contributed by atoms with Gasteiger partial charge in [0.2, 0.25) is 0 Å². The summed E-state index contributed by atoms with van der Waals surface area (Å²) < 4.78 is 127. The zero-order valence-corrected chi connectivity index (χ0v) is 18.5. The minimum Gasteiger partial charge on any atom is -0.457 e. The Morgan fingerprint density at radius 2 is 1.43 bits per heavy atom. The van der Waals surface area contributed by atoms with Crippen molar-refractivity contribution < 1.29 is 54.1 Å². The maximum absolute atomic E-state index is 14.7. The van der Waals surface area contributed by atoms with Crippen LogP contribution in [0.4, 0.5) is 39.5 Å². The number of aliphatic hydroxyl groups is 1. The molecule has 1 unspecified atom stereocenters. The molecule has 4 nitrogen and oxygen atoms in total. The van der Waals surface area contributed by atoms with Gasteiger partial charge in [0.25, 0.3) is 0 Å². The molecule has 200 valence electrons. The standard InChI is InChI=1S/C24H18F9NO3/c25-19-10-14(23(28,29)30)7-8-18(19)21(34-12-20(35)24(31,32)33)13-3-1-4-15(9-13)36-16-5-2-6-17(11-16)37-22(26)27/h1-11,20-22,34-35H,12H2/t20-,21?/m1/s1. The Morgan fingerprint density at radius 3 is 2.03 bits per heavy atom. The minimum absolute atomic E-state index is 0.0437. The van der Waals surface area contributed by atoms with E-state index in [0.717, 1.165) is 12.1 Å². The van der Waals surface area contributed by atoms with Crippen molar-refractivity contribution in [3.05, 3.63) is 89.2 Å². The van der Waals surface area contributed by atoms with Gasteiger partial charge in [-0.15, -0.1) is 0 Å². The molecule has 0 aromatic heterocycles. The third kappa shape index (κ3) is 7.76. The van der Waals surface area contributed by atoms with Crippen molar-refractivity contribution in [1.82, 2.24) is 5.32 Å². The van der Waals surface area contributed by atoms with Crippen LogP contribution in [-0.2, 0) is 6.18 Å². The summed E-state index contributed by atoms with van der Waals surface area (Å²) >= 11 is 0. The number of hydrogen-bond acceptors (Lipinski definition) is 4. The summed E-state index contributed by atoms with van der Waals surface area (Å²) in [7, 11) is 0. The largest absolute Gasteiger partial charge is 0.457 e. The van der Waals surface area contributed by atoms with Crippen molar-refractivity contribution in [2.24, 2.45) is 0 Å². The Hall–Kier alpha value is -3.45. The maximum atomic E-state index is 14.7. The molecule has 13 heteroatoms. The minimum atomic E-state index is -5.01. The fourth-order valence-electron chi connectivity index (χ4n) is 3.30. The number of rotatable bonds is 9. The molecular formula is C24H18F9NO3. The second kappa shape index (κ2) is 11.3. The SMILES string of the molecule is O[C@H](CNC(c1cccc(Oc2cccc(OC(F)F)c2)c1)c1ccc(C(F)(F)F)cc1F)C(F)(F)F. The molecule has 0 aliphatic carbocycles. The summed E-state index contributed by atoms with van der Waals surface area (Å²) in [5.74, 6) is -1.47. The monoisotopic (exact) mass is 539 g/mol. The van der Waals surface area contributed by atoms with E-state index in [4.69, 9.17) is 4.74 Å². The Bertz CT molecular complexity index is 1200. The van der Waals surface area contributed by atoms with Crippen LogP contribution in [-0.4, -0.2) is 30.5 Å². The molecule has 0 amide bonds. The highest BCUT2D eigenvalue weighted by molar-refractivity contribution is 5.41. The van der Waals surface area contributed by atoms with Crippen LogP contribution < -0.4 is 14.8 Å². The first-order valence-electron chi connectivity index (χ1n) is 10.4. The molecule has 2 N–H and O–H groups in total. The Balaban J connectivity index is 1.95. The molecule has 0 bridgehead atoms. The molecule has 0 heterocycles. The van der Waals surface area contributed by atoms with Gasteiger partial charge in [-0.1, -0.05) is 24.3 Å². The van der Waals surface area contributed by atoms with E-state index in [1.807, 2.05) is 0 Å². The van der Waals surface area contributed by atoms with Gasteiger partial charge in [0.1, 0.15) is 23.1 Å². The lowest BCUT2D eigenvalue weighted by Gasteiger charge is -2.24.